The minimum atomic E-state index is -0.0897. The second kappa shape index (κ2) is 7.58. The topological polar surface area (TPSA) is 57.0 Å². The Hall–Kier alpha value is -1.86. The lowest BCUT2D eigenvalue weighted by atomic mass is 10.2. The van der Waals surface area contributed by atoms with E-state index in [0.29, 0.717) is 37.5 Å². The van der Waals surface area contributed by atoms with E-state index in [1.54, 1.807) is 25.1 Å². The molecule has 0 unspecified atom stereocenters. The molecule has 1 aromatic heterocycles. The molecule has 7 heteroatoms. The number of halogens is 1. The van der Waals surface area contributed by atoms with Gasteiger partial charge in [-0.2, -0.15) is 0 Å². The summed E-state index contributed by atoms with van der Waals surface area (Å²) in [6, 6.07) is 7.48. The van der Waals surface area contributed by atoms with E-state index in [1.165, 1.54) is 0 Å². The molecule has 25 heavy (non-hydrogen) atoms. The summed E-state index contributed by atoms with van der Waals surface area (Å²) < 4.78 is 6.67. The van der Waals surface area contributed by atoms with Gasteiger partial charge >= 0.3 is 0 Å². The Bertz CT molecular complexity index is 787. The first-order valence-electron chi connectivity index (χ1n) is 8.35. The maximum atomic E-state index is 12.8. The van der Waals surface area contributed by atoms with Crippen LogP contribution in [0.1, 0.15) is 17.0 Å². The Morgan fingerprint density at radius 2 is 1.96 bits per heavy atom. The molecular weight excluding hydrogens is 386 g/mol. The largest absolute Gasteiger partial charge is 0.451 e. The molecule has 0 aliphatic carbocycles. The number of nitrogens with zero attached hydrogens (tertiary/aromatic N) is 3. The average Bonchev–Trinajstić information content (AvgIpc) is 2.85. The lowest BCUT2D eigenvalue weighted by Crippen LogP contribution is -2.39. The van der Waals surface area contributed by atoms with Crippen LogP contribution in [-0.2, 0) is 4.79 Å². The van der Waals surface area contributed by atoms with Crippen molar-refractivity contribution in [1.29, 1.82) is 0 Å². The van der Waals surface area contributed by atoms with Crippen LogP contribution < -0.4 is 0 Å². The van der Waals surface area contributed by atoms with E-state index in [1.807, 2.05) is 23.1 Å². The van der Waals surface area contributed by atoms with Crippen molar-refractivity contribution < 1.29 is 14.0 Å². The van der Waals surface area contributed by atoms with Crippen molar-refractivity contribution >= 4 is 38.7 Å². The fourth-order valence-corrected chi connectivity index (χ4v) is 3.32. The first-order chi connectivity index (χ1) is 11.9. The number of furan rings is 1. The number of hydrogen-bond donors (Lipinski definition) is 0. The molecule has 2 heterocycles. The number of benzene rings is 1. The molecule has 1 aliphatic heterocycles. The predicted octanol–water partition coefficient (Wildman–Crippen LogP) is 2.43. The first kappa shape index (κ1) is 17.9. The van der Waals surface area contributed by atoms with E-state index < -0.39 is 0 Å². The zero-order valence-corrected chi connectivity index (χ0v) is 16.1. The molecule has 2 aromatic rings. The van der Waals surface area contributed by atoms with Crippen molar-refractivity contribution in [2.75, 3.05) is 46.8 Å². The predicted molar refractivity (Wildman–Crippen MR) is 99.6 cm³/mol. The molecule has 0 N–H and O–H groups in total. The van der Waals surface area contributed by atoms with Gasteiger partial charge in [0.15, 0.2) is 5.76 Å². The van der Waals surface area contributed by atoms with Crippen molar-refractivity contribution in [3.8, 4) is 0 Å². The van der Waals surface area contributed by atoms with E-state index in [2.05, 4.69) is 20.8 Å². The zero-order chi connectivity index (χ0) is 18.0. The standard InChI is InChI=1S/C18H22BrN3O3/c1-20(2)17(23)12-21-6-3-7-22(9-8-21)18(24)16-11-13-10-14(19)4-5-15(13)25-16/h4-5,10-11H,3,6-9,12H2,1-2H3. The smallest absolute Gasteiger partial charge is 0.289 e. The van der Waals surface area contributed by atoms with Crippen LogP contribution >= 0.6 is 15.9 Å². The van der Waals surface area contributed by atoms with Crippen molar-refractivity contribution in [2.24, 2.45) is 0 Å². The molecule has 0 atom stereocenters. The van der Waals surface area contributed by atoms with Gasteiger partial charge in [0.2, 0.25) is 5.91 Å². The number of rotatable bonds is 3. The number of fused-ring (bicyclic) bond motifs is 1. The summed E-state index contributed by atoms with van der Waals surface area (Å²) in [6.45, 7) is 3.17. The van der Waals surface area contributed by atoms with Gasteiger partial charge in [-0.15, -0.1) is 0 Å². The van der Waals surface area contributed by atoms with Crippen LogP contribution in [0.4, 0.5) is 0 Å². The summed E-state index contributed by atoms with van der Waals surface area (Å²) in [6.07, 6.45) is 0.845. The summed E-state index contributed by atoms with van der Waals surface area (Å²) in [5.41, 5.74) is 0.708. The molecule has 0 radical (unpaired) electrons. The minimum Gasteiger partial charge on any atom is -0.451 e. The maximum Gasteiger partial charge on any atom is 0.289 e. The number of likely N-dealkylation sites (N-methyl/N-ethyl adjacent to an activating group) is 1. The van der Waals surface area contributed by atoms with Crippen molar-refractivity contribution in [1.82, 2.24) is 14.7 Å². The van der Waals surface area contributed by atoms with E-state index in [-0.39, 0.29) is 11.8 Å². The molecule has 2 amide bonds. The van der Waals surface area contributed by atoms with Crippen LogP contribution in [0.25, 0.3) is 11.0 Å². The number of carbonyl (C=O) groups excluding carboxylic acids is 2. The molecule has 3 rings (SSSR count). The van der Waals surface area contributed by atoms with Crippen LogP contribution in [0, 0.1) is 0 Å². The summed E-state index contributed by atoms with van der Waals surface area (Å²) in [5.74, 6) is 0.363. The molecular formula is C18H22BrN3O3. The van der Waals surface area contributed by atoms with Gasteiger partial charge in [-0.1, -0.05) is 15.9 Å². The molecule has 0 spiro atoms. The SMILES string of the molecule is CN(C)C(=O)CN1CCCN(C(=O)c2cc3cc(Br)ccc3o2)CC1. The average molecular weight is 408 g/mol. The van der Waals surface area contributed by atoms with Crippen LogP contribution in [0.3, 0.4) is 0 Å². The maximum absolute atomic E-state index is 12.8. The van der Waals surface area contributed by atoms with Gasteiger partial charge in [0.1, 0.15) is 5.58 Å². The van der Waals surface area contributed by atoms with Gasteiger partial charge < -0.3 is 14.2 Å². The second-order valence-electron chi connectivity index (χ2n) is 6.50. The molecule has 0 bridgehead atoms. The van der Waals surface area contributed by atoms with E-state index in [0.717, 1.165) is 22.8 Å². The minimum absolute atomic E-state index is 0.0858. The van der Waals surface area contributed by atoms with Gasteiger partial charge in [0.25, 0.3) is 5.91 Å². The Kier molecular flexibility index (Phi) is 5.44. The molecule has 1 saturated heterocycles. The number of hydrogen-bond acceptors (Lipinski definition) is 4. The third kappa shape index (κ3) is 4.22. The molecule has 0 saturated carbocycles. The molecule has 134 valence electrons. The Balaban J connectivity index is 1.67. The molecule has 1 aromatic carbocycles. The molecule has 1 fully saturated rings. The highest BCUT2D eigenvalue weighted by atomic mass is 79.9. The van der Waals surface area contributed by atoms with Gasteiger partial charge in [0, 0.05) is 50.1 Å². The summed E-state index contributed by atoms with van der Waals surface area (Å²) >= 11 is 3.43. The Labute approximate surface area is 155 Å². The molecule has 6 nitrogen and oxygen atoms in total. The summed E-state index contributed by atoms with van der Waals surface area (Å²) in [4.78, 5) is 30.2. The molecule has 1 aliphatic rings. The van der Waals surface area contributed by atoms with Crippen molar-refractivity contribution in [3.63, 3.8) is 0 Å². The van der Waals surface area contributed by atoms with Crippen LogP contribution in [0.15, 0.2) is 33.2 Å². The third-order valence-electron chi connectivity index (χ3n) is 4.42. The fourth-order valence-electron chi connectivity index (χ4n) is 2.94. The van der Waals surface area contributed by atoms with Gasteiger partial charge in [0.05, 0.1) is 6.54 Å². The quantitative estimate of drug-likeness (QED) is 0.783. The lowest BCUT2D eigenvalue weighted by molar-refractivity contribution is -0.129. The zero-order valence-electron chi connectivity index (χ0n) is 14.5. The van der Waals surface area contributed by atoms with Gasteiger partial charge in [-0.05, 0) is 30.7 Å². The van der Waals surface area contributed by atoms with Gasteiger partial charge in [-0.25, -0.2) is 0 Å². The number of carbonyl (C=O) groups is 2. The summed E-state index contributed by atoms with van der Waals surface area (Å²) in [7, 11) is 3.52. The highest BCUT2D eigenvalue weighted by Crippen LogP contribution is 2.24. The highest BCUT2D eigenvalue weighted by molar-refractivity contribution is 9.10. The first-order valence-corrected chi connectivity index (χ1v) is 9.14. The Morgan fingerprint density at radius 1 is 1.16 bits per heavy atom. The van der Waals surface area contributed by atoms with Crippen molar-refractivity contribution in [2.45, 2.75) is 6.42 Å². The van der Waals surface area contributed by atoms with Crippen molar-refractivity contribution in [3.05, 3.63) is 34.5 Å². The Morgan fingerprint density at radius 3 is 2.72 bits per heavy atom. The monoisotopic (exact) mass is 407 g/mol. The van der Waals surface area contributed by atoms with E-state index in [9.17, 15) is 9.59 Å². The normalized spacial score (nSPS) is 16.0. The second-order valence-corrected chi connectivity index (χ2v) is 7.42. The van der Waals surface area contributed by atoms with Gasteiger partial charge in [-0.3, -0.25) is 14.5 Å². The van der Waals surface area contributed by atoms with Crippen LogP contribution in [0.2, 0.25) is 0 Å². The number of amides is 2. The summed E-state index contributed by atoms with van der Waals surface area (Å²) in [5, 5.41) is 0.908. The third-order valence-corrected chi connectivity index (χ3v) is 4.92. The fraction of sp³-hybridized carbons (Fsp3) is 0.444. The van der Waals surface area contributed by atoms with Crippen LogP contribution in [-0.4, -0.2) is 73.3 Å². The van der Waals surface area contributed by atoms with E-state index >= 15 is 0 Å². The van der Waals surface area contributed by atoms with E-state index in [4.69, 9.17) is 4.42 Å². The lowest BCUT2D eigenvalue weighted by Gasteiger charge is -2.22. The highest BCUT2D eigenvalue weighted by Gasteiger charge is 2.24. The van der Waals surface area contributed by atoms with Crippen LogP contribution in [0.5, 0.6) is 0 Å².